The standard InChI is InChI=1S/C22H28N10O14P2S2/c1-50-22-26-9-15(28-21(24)30-17(9)36)32(22)19-11(34)13-6(44-19)3-42-47(37,38)45-12-5(2-41-48(39,40)46-13)43-18(10(12)33)31-7(4-49)25-8-14(31)27-20(23)29-16(8)35/h5-6,10-13,18-19,33-34,49H,2-4H2,1H3,(H,37,38)(H,39,40)(H3,23,27,29,35)(H3,24,28,30,36)/t5-,6-,10?,11+,12+,13?,18-,19-/m1/s1. The van der Waals surface area contributed by atoms with E-state index in [9.17, 15) is 38.7 Å². The molecular weight excluding hydrogens is 754 g/mol. The van der Waals surface area contributed by atoms with Crippen molar-refractivity contribution in [2.24, 2.45) is 0 Å². The Balaban J connectivity index is 1.21. The predicted molar refractivity (Wildman–Crippen MR) is 171 cm³/mol. The van der Waals surface area contributed by atoms with Gasteiger partial charge in [0.2, 0.25) is 11.9 Å². The number of aromatic amines is 2. The van der Waals surface area contributed by atoms with Crippen molar-refractivity contribution in [1.82, 2.24) is 39.0 Å². The van der Waals surface area contributed by atoms with Gasteiger partial charge in [0.15, 0.2) is 39.9 Å². The number of phosphoric acid groups is 2. The van der Waals surface area contributed by atoms with Gasteiger partial charge in [-0.15, -0.1) is 0 Å². The topological polar surface area (TPSA) is 350 Å². The van der Waals surface area contributed by atoms with E-state index < -0.39 is 89.1 Å². The van der Waals surface area contributed by atoms with Crippen molar-refractivity contribution < 1.29 is 56.7 Å². The van der Waals surface area contributed by atoms with E-state index in [-0.39, 0.29) is 51.0 Å². The van der Waals surface area contributed by atoms with E-state index in [2.05, 4.69) is 42.5 Å². The lowest BCUT2D eigenvalue weighted by atomic mass is 10.1. The van der Waals surface area contributed by atoms with E-state index in [1.807, 2.05) is 0 Å². The van der Waals surface area contributed by atoms with E-state index in [4.69, 9.17) is 39.0 Å². The Morgan fingerprint density at radius 3 is 1.78 bits per heavy atom. The second-order valence-corrected chi connectivity index (χ2v) is 15.0. The van der Waals surface area contributed by atoms with Crippen LogP contribution in [0.1, 0.15) is 18.3 Å². The molecule has 24 nitrogen and oxygen atoms in total. The van der Waals surface area contributed by atoms with Crippen LogP contribution in [0.15, 0.2) is 14.7 Å². The highest BCUT2D eigenvalue weighted by molar-refractivity contribution is 7.98. The van der Waals surface area contributed by atoms with Crippen molar-refractivity contribution in [3.8, 4) is 0 Å². The smallest absolute Gasteiger partial charge is 0.386 e. The molecule has 0 aromatic carbocycles. The zero-order valence-electron chi connectivity index (χ0n) is 25.2. The third-order valence-electron chi connectivity index (χ3n) is 7.94. The van der Waals surface area contributed by atoms with Crippen LogP contribution in [0.4, 0.5) is 11.9 Å². The van der Waals surface area contributed by atoms with Gasteiger partial charge in [-0.2, -0.15) is 22.6 Å². The summed E-state index contributed by atoms with van der Waals surface area (Å²) in [4.78, 5) is 67.6. The Morgan fingerprint density at radius 2 is 1.30 bits per heavy atom. The summed E-state index contributed by atoms with van der Waals surface area (Å²) >= 11 is 5.25. The van der Waals surface area contributed by atoms with Crippen LogP contribution in [0, 0.1) is 0 Å². The van der Waals surface area contributed by atoms with Gasteiger partial charge in [-0.05, 0) is 6.26 Å². The summed E-state index contributed by atoms with van der Waals surface area (Å²) in [6, 6.07) is 0. The number of thioether (sulfide) groups is 1. The number of aliphatic hydroxyl groups is 2. The summed E-state index contributed by atoms with van der Waals surface area (Å²) in [7, 11) is -10.3. The number of phosphoric ester groups is 2. The maximum absolute atomic E-state index is 13.3. The van der Waals surface area contributed by atoms with Crippen molar-refractivity contribution >= 4 is 74.3 Å². The van der Waals surface area contributed by atoms with Gasteiger partial charge in [0.1, 0.15) is 42.4 Å². The Bertz CT molecular complexity index is 2050. The SMILES string of the molecule is CSc1nc2c(=O)[nH]c(N)nc2n1[C@@H]1O[C@@H]2COP(=O)(O)O[C@@H]3C(O)[C@H](n4c(CS)nc5c(=O)[nH]c(N)nc54)O[C@@H]3COP(=O)(O)OC2[C@@H]1O. The van der Waals surface area contributed by atoms with Crippen molar-refractivity contribution in [2.75, 3.05) is 30.9 Å². The molecule has 7 rings (SSSR count). The van der Waals surface area contributed by atoms with Gasteiger partial charge in [-0.25, -0.2) is 19.1 Å². The second kappa shape index (κ2) is 12.9. The number of nitrogens with two attached hydrogens (primary N) is 2. The lowest BCUT2D eigenvalue weighted by Gasteiger charge is -2.27. The Kier molecular flexibility index (Phi) is 9.17. The molecule has 0 spiro atoms. The summed E-state index contributed by atoms with van der Waals surface area (Å²) in [5, 5.41) is 22.8. The number of anilines is 2. The van der Waals surface area contributed by atoms with Gasteiger partial charge in [-0.1, -0.05) is 11.8 Å². The summed E-state index contributed by atoms with van der Waals surface area (Å²) < 4.78 is 61.8. The Labute approximate surface area is 287 Å². The highest BCUT2D eigenvalue weighted by Crippen LogP contribution is 2.54. The first kappa shape index (κ1) is 35.5. The molecule has 4 aromatic heterocycles. The zero-order valence-corrected chi connectivity index (χ0v) is 28.7. The third-order valence-corrected chi connectivity index (χ3v) is 10.9. The number of hydrogen-bond donors (Lipinski definition) is 9. The van der Waals surface area contributed by atoms with Crippen molar-refractivity contribution in [3.63, 3.8) is 0 Å². The molecular formula is C22H28N10O14P2S2. The van der Waals surface area contributed by atoms with E-state index in [0.717, 1.165) is 11.8 Å². The molecule has 28 heteroatoms. The molecule has 3 aliphatic heterocycles. The maximum Gasteiger partial charge on any atom is 0.472 e. The monoisotopic (exact) mass is 782 g/mol. The number of nitrogen functional groups attached to an aromatic ring is 2. The molecule has 3 fully saturated rings. The molecule has 272 valence electrons. The molecule has 10 atom stereocenters. The number of thiol groups is 1. The fourth-order valence-corrected chi connectivity index (χ4v) is 8.60. The number of ether oxygens (including phenoxy) is 2. The lowest BCUT2D eigenvalue weighted by Crippen LogP contribution is -2.39. The number of rotatable bonds is 4. The van der Waals surface area contributed by atoms with Gasteiger partial charge in [0, 0.05) is 5.75 Å². The summed E-state index contributed by atoms with van der Waals surface area (Å²) in [6.07, 6.45) is -11.7. The summed E-state index contributed by atoms with van der Waals surface area (Å²) in [5.41, 5.74) is 9.43. The molecule has 50 heavy (non-hydrogen) atoms. The normalized spacial score (nSPS) is 35.2. The van der Waals surface area contributed by atoms with Crippen LogP contribution in [0.3, 0.4) is 0 Å². The van der Waals surface area contributed by atoms with Crippen LogP contribution in [-0.4, -0.2) is 115 Å². The quantitative estimate of drug-likeness (QED) is 0.0620. The molecule has 10 N–H and O–H groups in total. The number of imidazole rings is 2. The molecule has 0 radical (unpaired) electrons. The summed E-state index contributed by atoms with van der Waals surface area (Å²) in [5.74, 6) is -0.608. The average Bonchev–Trinajstić information content (AvgIpc) is 3.76. The van der Waals surface area contributed by atoms with Crippen LogP contribution in [0.5, 0.6) is 0 Å². The molecule has 0 aliphatic carbocycles. The number of hydrogen-bond acceptors (Lipinski definition) is 20. The van der Waals surface area contributed by atoms with Crippen molar-refractivity contribution in [3.05, 3.63) is 26.5 Å². The average molecular weight is 783 g/mol. The van der Waals surface area contributed by atoms with E-state index in [1.165, 1.54) is 9.13 Å². The molecule has 7 heterocycles. The van der Waals surface area contributed by atoms with Gasteiger partial charge in [0.25, 0.3) is 11.1 Å². The van der Waals surface area contributed by atoms with Gasteiger partial charge in [0.05, 0.1) is 13.2 Å². The lowest BCUT2D eigenvalue weighted by molar-refractivity contribution is -0.0677. The molecule has 0 saturated carbocycles. The van der Waals surface area contributed by atoms with Crippen LogP contribution in [-0.2, 0) is 42.5 Å². The van der Waals surface area contributed by atoms with Gasteiger partial charge >= 0.3 is 15.6 Å². The number of aromatic nitrogens is 8. The minimum atomic E-state index is -5.15. The molecule has 4 aromatic rings. The minimum Gasteiger partial charge on any atom is -0.386 e. The zero-order chi connectivity index (χ0) is 35.9. The minimum absolute atomic E-state index is 0.0696. The first-order chi connectivity index (χ1) is 23.6. The van der Waals surface area contributed by atoms with E-state index >= 15 is 0 Å². The van der Waals surface area contributed by atoms with Gasteiger partial charge < -0.3 is 40.9 Å². The Hall–Kier alpha value is -2.94. The molecule has 3 aliphatic rings. The number of nitrogens with one attached hydrogen (secondary N) is 2. The van der Waals surface area contributed by atoms with Crippen molar-refractivity contribution in [2.45, 2.75) is 60.0 Å². The predicted octanol–water partition coefficient (Wildman–Crippen LogP) is -1.90. The molecule has 0 amide bonds. The van der Waals surface area contributed by atoms with Crippen LogP contribution < -0.4 is 22.6 Å². The number of H-pyrrole nitrogens is 2. The highest BCUT2D eigenvalue weighted by Gasteiger charge is 2.54. The van der Waals surface area contributed by atoms with E-state index in [0.29, 0.717) is 0 Å². The molecule has 0 bridgehead atoms. The fourth-order valence-electron chi connectivity index (χ4n) is 5.88. The largest absolute Gasteiger partial charge is 0.472 e. The maximum atomic E-state index is 13.3. The van der Waals surface area contributed by atoms with Crippen LogP contribution >= 0.6 is 40.0 Å². The molecule has 3 saturated heterocycles. The first-order valence-electron chi connectivity index (χ1n) is 14.3. The highest BCUT2D eigenvalue weighted by atomic mass is 32.2. The van der Waals surface area contributed by atoms with Crippen LogP contribution in [0.2, 0.25) is 0 Å². The first-order valence-corrected chi connectivity index (χ1v) is 19.1. The van der Waals surface area contributed by atoms with Gasteiger partial charge in [-0.3, -0.25) is 46.8 Å². The summed E-state index contributed by atoms with van der Waals surface area (Å²) in [6.45, 7) is -1.78. The third kappa shape index (κ3) is 6.17. The molecule has 4 unspecified atom stereocenters. The van der Waals surface area contributed by atoms with Crippen LogP contribution in [0.25, 0.3) is 22.3 Å². The van der Waals surface area contributed by atoms with E-state index in [1.54, 1.807) is 6.26 Å². The number of nitrogens with zero attached hydrogens (tertiary/aromatic N) is 6. The second-order valence-electron chi connectivity index (χ2n) is 11.1. The van der Waals surface area contributed by atoms with Crippen molar-refractivity contribution in [1.29, 1.82) is 0 Å². The number of fused-ring (bicyclic) bond motifs is 4. The number of aliphatic hydroxyl groups excluding tert-OH is 2. The Morgan fingerprint density at radius 1 is 0.840 bits per heavy atom. The fraction of sp³-hybridized carbons (Fsp3) is 0.545.